The van der Waals surface area contributed by atoms with Gasteiger partial charge in [-0.05, 0) is 36.4 Å². The van der Waals surface area contributed by atoms with Crippen molar-refractivity contribution in [2.24, 2.45) is 4.99 Å². The minimum atomic E-state index is -1.17. The number of hydrogen-bond donors (Lipinski definition) is 2. The summed E-state index contributed by atoms with van der Waals surface area (Å²) in [5.41, 5.74) is 3.48. The van der Waals surface area contributed by atoms with E-state index >= 15 is 0 Å². The van der Waals surface area contributed by atoms with Crippen LogP contribution in [0, 0.1) is 11.3 Å². The van der Waals surface area contributed by atoms with E-state index < -0.39 is 18.1 Å². The van der Waals surface area contributed by atoms with Crippen LogP contribution in [0.5, 0.6) is 0 Å². The Morgan fingerprint density at radius 2 is 1.88 bits per heavy atom. The lowest BCUT2D eigenvalue weighted by Crippen LogP contribution is -2.47. The van der Waals surface area contributed by atoms with Gasteiger partial charge in [0.2, 0.25) is 6.17 Å². The van der Waals surface area contributed by atoms with E-state index in [1.807, 2.05) is 36.4 Å². The molecule has 1 aliphatic heterocycles. The number of benzene rings is 3. The SMILES string of the molecule is CN1C(=O)C(NC(=O)Nc2cccc(C#N)c2)N=C(c2ccccc2)c2cc(Cl)ccc21. The Bertz CT molecular complexity index is 1270. The first-order chi connectivity index (χ1) is 15.5. The van der Waals surface area contributed by atoms with Gasteiger partial charge in [-0.15, -0.1) is 0 Å². The molecule has 3 aromatic carbocycles. The van der Waals surface area contributed by atoms with Crippen LogP contribution in [0.2, 0.25) is 5.02 Å². The number of rotatable bonds is 3. The van der Waals surface area contributed by atoms with Gasteiger partial charge >= 0.3 is 6.03 Å². The van der Waals surface area contributed by atoms with Crippen molar-refractivity contribution in [2.45, 2.75) is 6.17 Å². The van der Waals surface area contributed by atoms with Gasteiger partial charge in [-0.1, -0.05) is 48.0 Å². The molecule has 0 saturated heterocycles. The highest BCUT2D eigenvalue weighted by molar-refractivity contribution is 6.32. The van der Waals surface area contributed by atoms with Gasteiger partial charge in [0.05, 0.1) is 23.0 Å². The number of fused-ring (bicyclic) bond motifs is 1. The molecular formula is C24H18ClN5O2. The molecule has 0 spiro atoms. The summed E-state index contributed by atoms with van der Waals surface area (Å²) in [6, 6.07) is 22.5. The fourth-order valence-electron chi connectivity index (χ4n) is 3.42. The summed E-state index contributed by atoms with van der Waals surface area (Å²) in [5, 5.41) is 14.8. The third-order valence-electron chi connectivity index (χ3n) is 4.96. The standard InChI is InChI=1S/C24H18ClN5O2/c1-30-20-11-10-17(25)13-19(20)21(16-7-3-2-4-8-16)28-22(23(30)31)29-24(32)27-18-9-5-6-15(12-18)14-26/h2-13,22H,1H3,(H2,27,29,32). The molecule has 1 heterocycles. The molecule has 158 valence electrons. The summed E-state index contributed by atoms with van der Waals surface area (Å²) in [6.07, 6.45) is -1.17. The van der Waals surface area contributed by atoms with Crippen molar-refractivity contribution >= 4 is 40.6 Å². The van der Waals surface area contributed by atoms with Gasteiger partial charge in [0.1, 0.15) is 0 Å². The molecule has 0 aliphatic carbocycles. The topological polar surface area (TPSA) is 97.6 Å². The summed E-state index contributed by atoms with van der Waals surface area (Å²) in [5.74, 6) is -0.402. The average molecular weight is 444 g/mol. The maximum Gasteiger partial charge on any atom is 0.321 e. The van der Waals surface area contributed by atoms with Crippen LogP contribution in [0.1, 0.15) is 16.7 Å². The number of nitrogens with one attached hydrogen (secondary N) is 2. The van der Waals surface area contributed by atoms with Crippen LogP contribution in [0.4, 0.5) is 16.2 Å². The van der Waals surface area contributed by atoms with Crippen LogP contribution >= 0.6 is 11.6 Å². The minimum absolute atomic E-state index is 0.402. The number of aliphatic imine (C=N–C) groups is 1. The third kappa shape index (κ3) is 4.31. The number of likely N-dealkylation sites (N-methyl/N-ethyl adjacent to an activating group) is 1. The quantitative estimate of drug-likeness (QED) is 0.635. The van der Waals surface area contributed by atoms with E-state index in [-0.39, 0.29) is 0 Å². The van der Waals surface area contributed by atoms with E-state index in [1.165, 1.54) is 11.0 Å². The van der Waals surface area contributed by atoms with Crippen LogP contribution in [-0.4, -0.2) is 30.9 Å². The van der Waals surface area contributed by atoms with Crippen molar-refractivity contribution in [3.05, 3.63) is 94.5 Å². The molecule has 2 N–H and O–H groups in total. The lowest BCUT2D eigenvalue weighted by atomic mass is 10.0. The normalized spacial score (nSPS) is 15.2. The molecule has 1 aliphatic rings. The molecule has 0 aromatic heterocycles. The largest absolute Gasteiger partial charge is 0.321 e. The van der Waals surface area contributed by atoms with Crippen LogP contribution in [0.15, 0.2) is 77.8 Å². The average Bonchev–Trinajstić information content (AvgIpc) is 2.90. The molecule has 32 heavy (non-hydrogen) atoms. The summed E-state index contributed by atoms with van der Waals surface area (Å²) in [6.45, 7) is 0. The first-order valence-electron chi connectivity index (χ1n) is 9.74. The first kappa shape index (κ1) is 21.1. The van der Waals surface area contributed by atoms with Crippen LogP contribution < -0.4 is 15.5 Å². The van der Waals surface area contributed by atoms with E-state index in [2.05, 4.69) is 15.6 Å². The lowest BCUT2D eigenvalue weighted by molar-refractivity contribution is -0.119. The summed E-state index contributed by atoms with van der Waals surface area (Å²) >= 11 is 6.24. The second kappa shape index (κ2) is 8.92. The Balaban J connectivity index is 1.70. The molecule has 0 saturated carbocycles. The molecule has 0 bridgehead atoms. The van der Waals surface area contributed by atoms with Crippen molar-refractivity contribution < 1.29 is 9.59 Å². The molecule has 4 rings (SSSR count). The highest BCUT2D eigenvalue weighted by atomic mass is 35.5. The Morgan fingerprint density at radius 1 is 1.09 bits per heavy atom. The Labute approximate surface area is 190 Å². The van der Waals surface area contributed by atoms with Crippen molar-refractivity contribution in [1.82, 2.24) is 5.32 Å². The van der Waals surface area contributed by atoms with Crippen LogP contribution in [0.3, 0.4) is 0 Å². The zero-order chi connectivity index (χ0) is 22.7. The van der Waals surface area contributed by atoms with E-state index in [0.29, 0.717) is 33.2 Å². The minimum Gasteiger partial charge on any atom is -0.311 e. The number of anilines is 2. The molecular weight excluding hydrogens is 426 g/mol. The number of benzodiazepines with no additional fused rings is 1. The van der Waals surface area contributed by atoms with Crippen LogP contribution in [0.25, 0.3) is 0 Å². The fourth-order valence-corrected chi connectivity index (χ4v) is 3.60. The van der Waals surface area contributed by atoms with E-state index in [9.17, 15) is 9.59 Å². The van der Waals surface area contributed by atoms with Gasteiger partial charge in [0, 0.05) is 28.9 Å². The molecule has 3 amide bonds. The first-order valence-corrected chi connectivity index (χ1v) is 10.1. The Morgan fingerprint density at radius 3 is 2.62 bits per heavy atom. The predicted molar refractivity (Wildman–Crippen MR) is 124 cm³/mol. The van der Waals surface area contributed by atoms with Gasteiger partial charge in [-0.25, -0.2) is 9.79 Å². The number of carbonyl (C=O) groups excluding carboxylic acids is 2. The van der Waals surface area contributed by atoms with Crippen molar-refractivity contribution in [3.63, 3.8) is 0 Å². The highest BCUT2D eigenvalue weighted by Crippen LogP contribution is 2.29. The number of halogens is 1. The Hall–Kier alpha value is -4.15. The summed E-state index contributed by atoms with van der Waals surface area (Å²) in [7, 11) is 1.63. The number of urea groups is 1. The van der Waals surface area contributed by atoms with Gasteiger partial charge in [0.15, 0.2) is 0 Å². The summed E-state index contributed by atoms with van der Waals surface area (Å²) in [4.78, 5) is 31.9. The van der Waals surface area contributed by atoms with E-state index in [0.717, 1.165) is 5.56 Å². The smallest absolute Gasteiger partial charge is 0.311 e. The van der Waals surface area contributed by atoms with Crippen LogP contribution in [-0.2, 0) is 4.79 Å². The van der Waals surface area contributed by atoms with Gasteiger partial charge in [0.25, 0.3) is 5.91 Å². The second-order valence-corrected chi connectivity index (χ2v) is 7.53. The van der Waals surface area contributed by atoms with Gasteiger partial charge in [-0.3, -0.25) is 4.79 Å². The number of carbonyl (C=O) groups is 2. The van der Waals surface area contributed by atoms with Gasteiger partial charge < -0.3 is 15.5 Å². The lowest BCUT2D eigenvalue weighted by Gasteiger charge is -2.21. The number of hydrogen-bond acceptors (Lipinski definition) is 4. The molecule has 8 heteroatoms. The van der Waals surface area contributed by atoms with E-state index in [4.69, 9.17) is 16.9 Å². The maximum atomic E-state index is 13.2. The van der Waals surface area contributed by atoms with Gasteiger partial charge in [-0.2, -0.15) is 5.26 Å². The van der Waals surface area contributed by atoms with Crippen molar-refractivity contribution in [1.29, 1.82) is 5.26 Å². The number of amides is 3. The van der Waals surface area contributed by atoms with Crippen molar-refractivity contribution in [2.75, 3.05) is 17.3 Å². The van der Waals surface area contributed by atoms with Crippen molar-refractivity contribution in [3.8, 4) is 6.07 Å². The molecule has 7 nitrogen and oxygen atoms in total. The molecule has 1 atom stereocenters. The predicted octanol–water partition coefficient (Wildman–Crippen LogP) is 4.17. The maximum absolute atomic E-state index is 13.2. The molecule has 0 fully saturated rings. The summed E-state index contributed by atoms with van der Waals surface area (Å²) < 4.78 is 0. The fraction of sp³-hybridized carbons (Fsp3) is 0.0833. The highest BCUT2D eigenvalue weighted by Gasteiger charge is 2.31. The zero-order valence-corrected chi connectivity index (χ0v) is 17.8. The zero-order valence-electron chi connectivity index (χ0n) is 17.0. The number of nitriles is 1. The number of nitrogens with zero attached hydrogens (tertiary/aromatic N) is 3. The molecule has 1 unspecified atom stereocenters. The second-order valence-electron chi connectivity index (χ2n) is 7.10. The molecule has 0 radical (unpaired) electrons. The monoisotopic (exact) mass is 443 g/mol. The molecule has 3 aromatic rings. The Kier molecular flexibility index (Phi) is 5.88. The third-order valence-corrected chi connectivity index (χ3v) is 5.20. The van der Waals surface area contributed by atoms with E-state index in [1.54, 1.807) is 43.4 Å².